The van der Waals surface area contributed by atoms with Crippen LogP contribution in [-0.4, -0.2) is 72.5 Å². The van der Waals surface area contributed by atoms with Crippen LogP contribution < -0.4 is 21.9 Å². The van der Waals surface area contributed by atoms with Crippen LogP contribution in [-0.2, 0) is 18.9 Å². The van der Waals surface area contributed by atoms with E-state index in [-0.39, 0.29) is 0 Å². The third-order valence-electron chi connectivity index (χ3n) is 3.53. The lowest BCUT2D eigenvalue weighted by Gasteiger charge is -2.16. The summed E-state index contributed by atoms with van der Waals surface area (Å²) in [6, 6.07) is 0.975. The Morgan fingerprint density at radius 2 is 1.89 bits per heavy atom. The van der Waals surface area contributed by atoms with E-state index in [1.165, 1.54) is 0 Å². The first kappa shape index (κ1) is 21.0. The lowest BCUT2D eigenvalue weighted by Crippen LogP contribution is -2.46. The summed E-state index contributed by atoms with van der Waals surface area (Å²) in [6.07, 6.45) is -6.44. The molecule has 0 bridgehead atoms. The zero-order valence-corrected chi connectivity index (χ0v) is 14.4. The number of aromatic amines is 1. The Morgan fingerprint density at radius 3 is 2.48 bits per heavy atom. The number of aromatic nitrogens is 2. The second-order valence-electron chi connectivity index (χ2n) is 5.59. The van der Waals surface area contributed by atoms with Crippen molar-refractivity contribution in [1.29, 1.82) is 0 Å². The van der Waals surface area contributed by atoms with Crippen LogP contribution in [0.25, 0.3) is 0 Å². The highest BCUT2D eigenvalue weighted by molar-refractivity contribution is 7.51. The minimum Gasteiger partial charge on any atom is -0.387 e. The molecule has 0 unspecified atom stereocenters. The predicted octanol–water partition coefficient (Wildman–Crippen LogP) is -4.48. The van der Waals surface area contributed by atoms with E-state index in [4.69, 9.17) is 14.5 Å². The zero-order chi connectivity index (χ0) is 20.4. The minimum absolute atomic E-state index is 0.676. The lowest BCUT2D eigenvalue weighted by atomic mass is 10.1. The average Bonchev–Trinajstić information content (AvgIpc) is 2.86. The Labute approximate surface area is 149 Å². The van der Waals surface area contributed by atoms with Crippen LogP contribution in [0.1, 0.15) is 6.23 Å². The smallest absolute Gasteiger partial charge is 0.344 e. The van der Waals surface area contributed by atoms with Gasteiger partial charge in [-0.2, -0.15) is 0 Å². The molecule has 0 aliphatic carbocycles. The number of aliphatic hydroxyl groups excluding tert-OH is 2. The van der Waals surface area contributed by atoms with E-state index < -0.39 is 68.0 Å². The molecule has 1 aromatic heterocycles. The van der Waals surface area contributed by atoms with Gasteiger partial charge in [0.2, 0.25) is 5.91 Å². The number of rotatable bonds is 6. The van der Waals surface area contributed by atoms with Crippen LogP contribution in [0, 0.1) is 0 Å². The molecule has 0 spiro atoms. The minimum atomic E-state index is -4.46. The molecule has 15 heteroatoms. The van der Waals surface area contributed by atoms with E-state index in [2.05, 4.69) is 5.32 Å². The normalized spacial score (nSPS) is 25.2. The number of amides is 2. The summed E-state index contributed by atoms with van der Waals surface area (Å²) in [6.45, 7) is -0.676. The van der Waals surface area contributed by atoms with E-state index in [1.807, 2.05) is 10.3 Å². The molecular weight excluding hydrogens is 391 g/mol. The van der Waals surface area contributed by atoms with Gasteiger partial charge in [-0.1, -0.05) is 0 Å². The molecule has 27 heavy (non-hydrogen) atoms. The number of carbonyl (C=O) groups is 2. The molecule has 1 aliphatic heterocycles. The summed E-state index contributed by atoms with van der Waals surface area (Å²) in [4.78, 5) is 65.5. The maximum Gasteiger partial charge on any atom is 0.344 e. The highest BCUT2D eigenvalue weighted by Gasteiger charge is 2.47. The van der Waals surface area contributed by atoms with Crippen molar-refractivity contribution in [3.05, 3.63) is 33.1 Å². The second kappa shape index (κ2) is 8.12. The van der Waals surface area contributed by atoms with E-state index in [0.717, 1.165) is 16.8 Å². The fourth-order valence-electron chi connectivity index (χ4n) is 2.26. The molecule has 0 aromatic carbocycles. The molecule has 1 saturated heterocycles. The van der Waals surface area contributed by atoms with Crippen LogP contribution in [0.15, 0.2) is 21.9 Å². The van der Waals surface area contributed by atoms with Crippen molar-refractivity contribution in [1.82, 2.24) is 20.2 Å². The molecule has 150 valence electrons. The van der Waals surface area contributed by atoms with E-state index in [1.54, 1.807) is 0 Å². The zero-order valence-electron chi connectivity index (χ0n) is 13.5. The molecule has 1 aromatic rings. The molecule has 4 atom stereocenters. The van der Waals surface area contributed by atoms with Gasteiger partial charge in [0.05, 0.1) is 6.54 Å². The Kier molecular flexibility index (Phi) is 6.30. The second-order valence-corrected chi connectivity index (χ2v) is 7.23. The third-order valence-corrected chi connectivity index (χ3v) is 4.10. The number of H-pyrrole nitrogens is 1. The summed E-state index contributed by atoms with van der Waals surface area (Å²) >= 11 is 0. The molecule has 7 N–H and O–H groups in total. The fourth-order valence-corrected chi connectivity index (χ4v) is 2.64. The number of ether oxygens (including phenoxy) is 1. The Hall–Kier alpha value is -2.35. The standard InChI is InChI=1S/C12H17N4O10P/c17-5-1-2-16(12(22)15-5)11-8(20)7(19)9(26-11)10(21)13-3-6(18)14-4-27(23,24)25/h1-2,7-9,11,19-20H,3-4H2,(H,13,21)(H,14,18)(H,15,17,22)(H2,23,24,25)/t7-,8-,9-,11+/m0/s1. The number of aliphatic hydroxyl groups is 2. The Morgan fingerprint density at radius 1 is 1.22 bits per heavy atom. The lowest BCUT2D eigenvalue weighted by molar-refractivity contribution is -0.139. The van der Waals surface area contributed by atoms with Gasteiger partial charge in [0, 0.05) is 12.3 Å². The van der Waals surface area contributed by atoms with Crippen molar-refractivity contribution >= 4 is 19.4 Å². The molecular formula is C12H17N4O10P. The van der Waals surface area contributed by atoms with E-state index in [0.29, 0.717) is 0 Å². The molecule has 2 rings (SSSR count). The molecule has 2 heterocycles. The van der Waals surface area contributed by atoms with Crippen molar-refractivity contribution in [2.45, 2.75) is 24.5 Å². The first-order valence-corrected chi connectivity index (χ1v) is 9.21. The van der Waals surface area contributed by atoms with Crippen LogP contribution in [0.4, 0.5) is 0 Å². The average molecular weight is 408 g/mol. The summed E-state index contributed by atoms with van der Waals surface area (Å²) in [5, 5.41) is 23.9. The van der Waals surface area contributed by atoms with Gasteiger partial charge in [-0.15, -0.1) is 0 Å². The number of nitrogens with one attached hydrogen (secondary N) is 3. The fraction of sp³-hybridized carbons (Fsp3) is 0.500. The largest absolute Gasteiger partial charge is 0.387 e. The summed E-state index contributed by atoms with van der Waals surface area (Å²) < 4.78 is 16.6. The quantitative estimate of drug-likeness (QED) is 0.224. The third kappa shape index (κ3) is 5.32. The number of hydrogen-bond donors (Lipinski definition) is 7. The van der Waals surface area contributed by atoms with E-state index in [9.17, 15) is 34.0 Å². The summed E-state index contributed by atoms with van der Waals surface area (Å²) in [5.74, 6) is -1.92. The Bertz CT molecular complexity index is 875. The monoisotopic (exact) mass is 408 g/mol. The van der Waals surface area contributed by atoms with Crippen LogP contribution in [0.5, 0.6) is 0 Å². The number of nitrogens with zero attached hydrogens (tertiary/aromatic N) is 1. The van der Waals surface area contributed by atoms with Gasteiger partial charge in [-0.3, -0.25) is 28.5 Å². The van der Waals surface area contributed by atoms with Gasteiger partial charge >= 0.3 is 13.3 Å². The highest BCUT2D eigenvalue weighted by atomic mass is 31.2. The van der Waals surface area contributed by atoms with Crippen molar-refractivity contribution in [3.8, 4) is 0 Å². The van der Waals surface area contributed by atoms with Crippen LogP contribution in [0.2, 0.25) is 0 Å². The van der Waals surface area contributed by atoms with Gasteiger partial charge in [-0.05, 0) is 0 Å². The molecule has 0 saturated carbocycles. The van der Waals surface area contributed by atoms with Gasteiger partial charge < -0.3 is 35.4 Å². The Balaban J connectivity index is 1.99. The molecule has 0 radical (unpaired) electrons. The van der Waals surface area contributed by atoms with Crippen molar-refractivity contribution in [2.75, 3.05) is 12.8 Å². The maximum atomic E-state index is 12.0. The molecule has 2 amide bonds. The van der Waals surface area contributed by atoms with Crippen molar-refractivity contribution < 1.29 is 38.9 Å². The van der Waals surface area contributed by atoms with E-state index >= 15 is 0 Å². The van der Waals surface area contributed by atoms with Gasteiger partial charge in [-0.25, -0.2) is 4.79 Å². The van der Waals surface area contributed by atoms with Gasteiger partial charge in [0.25, 0.3) is 11.5 Å². The first-order chi connectivity index (χ1) is 12.5. The number of hydrogen-bond acceptors (Lipinski definition) is 8. The van der Waals surface area contributed by atoms with Crippen LogP contribution in [0.3, 0.4) is 0 Å². The summed E-state index contributed by atoms with van der Waals surface area (Å²) in [7, 11) is -4.46. The van der Waals surface area contributed by atoms with Crippen molar-refractivity contribution in [3.63, 3.8) is 0 Å². The molecule has 1 aliphatic rings. The first-order valence-electron chi connectivity index (χ1n) is 7.41. The number of carbonyl (C=O) groups excluding carboxylic acids is 2. The van der Waals surface area contributed by atoms with Gasteiger partial charge in [0.1, 0.15) is 18.5 Å². The predicted molar refractivity (Wildman–Crippen MR) is 85.3 cm³/mol. The summed E-state index contributed by atoms with van der Waals surface area (Å²) in [5.41, 5.74) is -1.63. The van der Waals surface area contributed by atoms with Crippen LogP contribution >= 0.6 is 7.60 Å². The molecule has 1 fully saturated rings. The topological polar surface area (TPSA) is 220 Å². The maximum absolute atomic E-state index is 12.0. The van der Waals surface area contributed by atoms with Gasteiger partial charge in [0.15, 0.2) is 12.3 Å². The molecule has 14 nitrogen and oxygen atoms in total. The SMILES string of the molecule is O=C(CNC(=O)[C@H]1O[C@@H](n2ccc(=O)[nH]c2=O)[C@@H](O)[C@@H]1O)NCP(=O)(O)O. The highest BCUT2D eigenvalue weighted by Crippen LogP contribution is 2.31. The van der Waals surface area contributed by atoms with Crippen molar-refractivity contribution in [2.24, 2.45) is 0 Å².